The number of aromatic nitrogens is 1. The Labute approximate surface area is 136 Å². The Morgan fingerprint density at radius 2 is 2.21 bits per heavy atom. The molecule has 24 heavy (non-hydrogen) atoms. The highest BCUT2D eigenvalue weighted by Crippen LogP contribution is 2.25. The second kappa shape index (κ2) is 6.89. The number of nitrogens with one attached hydrogen (secondary N) is 1. The highest BCUT2D eigenvalue weighted by atomic mass is 17.2. The Morgan fingerprint density at radius 1 is 1.38 bits per heavy atom. The van der Waals surface area contributed by atoms with E-state index in [1.54, 1.807) is 0 Å². The van der Waals surface area contributed by atoms with Crippen LogP contribution in [0.1, 0.15) is 29.8 Å². The van der Waals surface area contributed by atoms with Gasteiger partial charge in [-0.1, -0.05) is 0 Å². The Balaban J connectivity index is 1.91. The number of fused-ring (bicyclic) bond motifs is 2. The van der Waals surface area contributed by atoms with Gasteiger partial charge in [-0.25, -0.2) is 0 Å². The van der Waals surface area contributed by atoms with E-state index in [4.69, 9.17) is 4.74 Å². The zero-order valence-electron chi connectivity index (χ0n) is 12.7. The molecule has 3 rings (SSSR count). The van der Waals surface area contributed by atoms with E-state index in [9.17, 15) is 19.5 Å². The molecule has 2 atom stereocenters. The molecule has 0 aliphatic carbocycles. The molecule has 0 spiro atoms. The fourth-order valence-electron chi connectivity index (χ4n) is 2.91. The van der Waals surface area contributed by atoms with Crippen molar-refractivity contribution in [3.8, 4) is 5.75 Å². The number of aliphatic hydroxyl groups excluding tert-OH is 1. The van der Waals surface area contributed by atoms with Gasteiger partial charge in [0.05, 0.1) is 6.10 Å². The Hall–Kier alpha value is -2.59. The lowest BCUT2D eigenvalue weighted by atomic mass is 10.2. The molecule has 10 heteroatoms. The van der Waals surface area contributed by atoms with Crippen LogP contribution in [0.2, 0.25) is 0 Å². The van der Waals surface area contributed by atoms with E-state index in [0.29, 0.717) is 12.8 Å². The molecule has 0 saturated carbocycles. The van der Waals surface area contributed by atoms with Crippen LogP contribution in [0.3, 0.4) is 0 Å². The number of aliphatic hydroxyl groups is 1. The van der Waals surface area contributed by atoms with Gasteiger partial charge in [0.15, 0.2) is 5.69 Å². The predicted molar refractivity (Wildman–Crippen MR) is 78.5 cm³/mol. The Morgan fingerprint density at radius 3 is 3.00 bits per heavy atom. The van der Waals surface area contributed by atoms with Crippen molar-refractivity contribution in [3.63, 3.8) is 0 Å². The van der Waals surface area contributed by atoms with Gasteiger partial charge in [0.25, 0.3) is 5.91 Å². The number of ether oxygens (including phenoxy) is 1. The van der Waals surface area contributed by atoms with Crippen molar-refractivity contribution < 1.29 is 29.2 Å². The molecule has 130 valence electrons. The van der Waals surface area contributed by atoms with Crippen molar-refractivity contribution in [2.24, 2.45) is 0 Å². The summed E-state index contributed by atoms with van der Waals surface area (Å²) in [6.45, 7) is -0.305. The normalized spacial score (nSPS) is 22.7. The van der Waals surface area contributed by atoms with E-state index in [1.165, 1.54) is 21.8 Å². The van der Waals surface area contributed by atoms with Gasteiger partial charge in [0.1, 0.15) is 6.17 Å². The zero-order chi connectivity index (χ0) is 17.1. The standard InChI is InChI=1S/C14H17N3O7/c18-7-23-24-8-22-13-10(20)4-5-17-12(13)14(21)16-6-9(19)2-1-3-11(16)15-17/h4-5,7,9,11,15,19H,1-3,6,8H2. The van der Waals surface area contributed by atoms with Gasteiger partial charge < -0.3 is 20.2 Å². The number of carbonyl (C=O) groups is 2. The molecule has 0 bridgehead atoms. The smallest absolute Gasteiger partial charge is 0.330 e. The average molecular weight is 339 g/mol. The number of nitrogens with zero attached hydrogens (tertiary/aromatic N) is 2. The predicted octanol–water partition coefficient (Wildman–Crippen LogP) is -0.841. The third-order valence-electron chi connectivity index (χ3n) is 3.96. The molecule has 3 heterocycles. The molecule has 1 fully saturated rings. The van der Waals surface area contributed by atoms with Gasteiger partial charge >= 0.3 is 6.47 Å². The van der Waals surface area contributed by atoms with E-state index in [2.05, 4.69) is 15.2 Å². The molecule has 1 aromatic rings. The maximum atomic E-state index is 12.8. The summed E-state index contributed by atoms with van der Waals surface area (Å²) in [6.07, 6.45) is 2.63. The van der Waals surface area contributed by atoms with E-state index in [-0.39, 0.29) is 30.6 Å². The fourth-order valence-corrected chi connectivity index (χ4v) is 2.91. The summed E-state index contributed by atoms with van der Waals surface area (Å²) in [5.74, 6) is -0.648. The summed E-state index contributed by atoms with van der Waals surface area (Å²) in [5, 5.41) is 9.93. The summed E-state index contributed by atoms with van der Waals surface area (Å²) in [6, 6.07) is 1.25. The van der Waals surface area contributed by atoms with Crippen molar-refractivity contribution in [3.05, 3.63) is 28.2 Å². The highest BCUT2D eigenvalue weighted by molar-refractivity contribution is 5.96. The van der Waals surface area contributed by atoms with E-state index >= 15 is 0 Å². The number of amides is 1. The lowest BCUT2D eigenvalue weighted by molar-refractivity contribution is -0.286. The van der Waals surface area contributed by atoms with Crippen molar-refractivity contribution in [1.82, 2.24) is 9.58 Å². The number of hydrogen-bond acceptors (Lipinski definition) is 8. The van der Waals surface area contributed by atoms with Crippen LogP contribution in [0.4, 0.5) is 0 Å². The van der Waals surface area contributed by atoms with Crippen LogP contribution >= 0.6 is 0 Å². The summed E-state index contributed by atoms with van der Waals surface area (Å²) < 4.78 is 6.59. The summed E-state index contributed by atoms with van der Waals surface area (Å²) in [5.41, 5.74) is 2.61. The van der Waals surface area contributed by atoms with Crippen molar-refractivity contribution in [1.29, 1.82) is 0 Å². The molecule has 2 aliphatic heterocycles. The van der Waals surface area contributed by atoms with Gasteiger partial charge in [-0.15, -0.1) is 4.89 Å². The topological polar surface area (TPSA) is 119 Å². The first kappa shape index (κ1) is 16.3. The summed E-state index contributed by atoms with van der Waals surface area (Å²) >= 11 is 0. The molecular weight excluding hydrogens is 322 g/mol. The third-order valence-corrected chi connectivity index (χ3v) is 3.96. The third kappa shape index (κ3) is 3.05. The van der Waals surface area contributed by atoms with E-state index < -0.39 is 24.2 Å². The highest BCUT2D eigenvalue weighted by Gasteiger charge is 2.37. The molecule has 2 unspecified atom stereocenters. The largest absolute Gasteiger partial charge is 0.457 e. The molecule has 10 nitrogen and oxygen atoms in total. The SMILES string of the molecule is O=COOCOc1c2n(ccc1=O)NC1CCCC(O)CN1C2=O. The first-order valence-electron chi connectivity index (χ1n) is 7.47. The summed E-state index contributed by atoms with van der Waals surface area (Å²) in [4.78, 5) is 44.8. The first-order valence-corrected chi connectivity index (χ1v) is 7.47. The van der Waals surface area contributed by atoms with Gasteiger partial charge in [0.2, 0.25) is 18.0 Å². The maximum absolute atomic E-state index is 12.8. The van der Waals surface area contributed by atoms with Crippen LogP contribution < -0.4 is 15.6 Å². The number of rotatable bonds is 5. The quantitative estimate of drug-likeness (QED) is 0.234. The van der Waals surface area contributed by atoms with Crippen LogP contribution in [0.5, 0.6) is 5.75 Å². The molecule has 1 saturated heterocycles. The van der Waals surface area contributed by atoms with Crippen LogP contribution in [-0.4, -0.2) is 52.7 Å². The molecule has 0 aromatic carbocycles. The molecular formula is C14H17N3O7. The van der Waals surface area contributed by atoms with Crippen molar-refractivity contribution in [2.75, 3.05) is 18.8 Å². The second-order valence-corrected chi connectivity index (χ2v) is 5.49. The lowest BCUT2D eigenvalue weighted by Crippen LogP contribution is -2.55. The van der Waals surface area contributed by atoms with Crippen LogP contribution in [0.15, 0.2) is 17.1 Å². The van der Waals surface area contributed by atoms with E-state index in [1.807, 2.05) is 0 Å². The minimum absolute atomic E-state index is 0.00236. The number of pyridine rings is 1. The van der Waals surface area contributed by atoms with Crippen LogP contribution in [0, 0.1) is 0 Å². The average Bonchev–Trinajstić information content (AvgIpc) is 2.75. The Bertz CT molecular complexity index is 689. The number of hydrogen-bond donors (Lipinski definition) is 2. The summed E-state index contributed by atoms with van der Waals surface area (Å²) in [7, 11) is 0. The van der Waals surface area contributed by atoms with Gasteiger partial charge in [-0.3, -0.25) is 23.9 Å². The van der Waals surface area contributed by atoms with Crippen LogP contribution in [-0.2, 0) is 14.6 Å². The van der Waals surface area contributed by atoms with E-state index in [0.717, 1.165) is 6.42 Å². The monoisotopic (exact) mass is 339 g/mol. The van der Waals surface area contributed by atoms with Crippen molar-refractivity contribution >= 4 is 12.4 Å². The lowest BCUT2D eigenvalue weighted by Gasteiger charge is -2.38. The molecule has 1 amide bonds. The fraction of sp³-hybridized carbons (Fsp3) is 0.500. The van der Waals surface area contributed by atoms with Crippen LogP contribution in [0.25, 0.3) is 0 Å². The number of carbonyl (C=O) groups excluding carboxylic acids is 2. The molecule has 2 aliphatic rings. The first-order chi connectivity index (χ1) is 11.6. The van der Waals surface area contributed by atoms with Gasteiger partial charge in [-0.05, 0) is 19.3 Å². The zero-order valence-corrected chi connectivity index (χ0v) is 12.7. The molecule has 0 radical (unpaired) electrons. The Kier molecular flexibility index (Phi) is 4.67. The van der Waals surface area contributed by atoms with Gasteiger partial charge in [0, 0.05) is 18.8 Å². The second-order valence-electron chi connectivity index (χ2n) is 5.49. The molecule has 2 N–H and O–H groups in total. The minimum atomic E-state index is -0.614. The van der Waals surface area contributed by atoms with Gasteiger partial charge in [-0.2, -0.15) is 0 Å². The molecule has 1 aromatic heterocycles. The maximum Gasteiger partial charge on any atom is 0.330 e. The minimum Gasteiger partial charge on any atom is -0.457 e. The van der Waals surface area contributed by atoms with Crippen molar-refractivity contribution in [2.45, 2.75) is 31.5 Å².